The molecule has 6 nitrogen and oxygen atoms in total. The van der Waals surface area contributed by atoms with Crippen LogP contribution in [0.2, 0.25) is 0 Å². The fourth-order valence-electron chi connectivity index (χ4n) is 3.30. The van der Waals surface area contributed by atoms with Gasteiger partial charge >= 0.3 is 0 Å². The van der Waals surface area contributed by atoms with E-state index in [2.05, 4.69) is 21.4 Å². The number of hydrogen-bond acceptors (Lipinski definition) is 8. The van der Waals surface area contributed by atoms with Crippen LogP contribution < -0.4 is 0 Å². The van der Waals surface area contributed by atoms with E-state index in [1.807, 2.05) is 60.1 Å². The molecule has 4 heterocycles. The van der Waals surface area contributed by atoms with Gasteiger partial charge in [-0.05, 0) is 41.9 Å². The molecule has 0 bridgehead atoms. The lowest BCUT2D eigenvalue weighted by atomic mass is 10.1. The van der Waals surface area contributed by atoms with Gasteiger partial charge in [0.2, 0.25) is 5.89 Å². The van der Waals surface area contributed by atoms with Gasteiger partial charge in [-0.3, -0.25) is 4.79 Å². The minimum Gasteiger partial charge on any atom is -0.411 e. The molecule has 0 unspecified atom stereocenters. The largest absolute Gasteiger partial charge is 0.411 e. The molecule has 9 heteroatoms. The summed E-state index contributed by atoms with van der Waals surface area (Å²) in [5.74, 6) is 0.550. The first kappa shape index (κ1) is 20.2. The minimum absolute atomic E-state index is 0.0731. The highest BCUT2D eigenvalue weighted by Gasteiger charge is 2.34. The summed E-state index contributed by atoms with van der Waals surface area (Å²) >= 11 is 4.52. The third-order valence-electron chi connectivity index (χ3n) is 4.87. The summed E-state index contributed by atoms with van der Waals surface area (Å²) in [7, 11) is 0. The SMILES string of the molecule is Cc1ccc(-c2nnc(SCC(=O)N3N=C(c4cccs4)C[C@@H]3c3cccs3)o2)cc1. The smallest absolute Gasteiger partial charge is 0.277 e. The second-order valence-electron chi connectivity index (χ2n) is 7.03. The fourth-order valence-corrected chi connectivity index (χ4v) is 5.45. The monoisotopic (exact) mass is 466 g/mol. The van der Waals surface area contributed by atoms with Crippen molar-refractivity contribution in [3.8, 4) is 11.5 Å². The van der Waals surface area contributed by atoms with E-state index in [1.54, 1.807) is 27.7 Å². The van der Waals surface area contributed by atoms with Crippen LogP contribution >= 0.6 is 34.4 Å². The molecule has 4 aromatic rings. The first-order chi connectivity index (χ1) is 15.2. The Kier molecular flexibility index (Phi) is 5.71. The van der Waals surface area contributed by atoms with Crippen molar-refractivity contribution in [2.75, 3.05) is 5.75 Å². The Hall–Kier alpha value is -2.75. The van der Waals surface area contributed by atoms with Crippen LogP contribution in [0.25, 0.3) is 11.5 Å². The summed E-state index contributed by atoms with van der Waals surface area (Å²) in [5, 5.41) is 18.9. The molecule has 0 saturated carbocycles. The van der Waals surface area contributed by atoms with E-state index >= 15 is 0 Å². The number of benzene rings is 1. The topological polar surface area (TPSA) is 71.6 Å². The molecule has 5 rings (SSSR count). The first-order valence-electron chi connectivity index (χ1n) is 9.67. The number of hydrogen-bond donors (Lipinski definition) is 0. The molecule has 1 aliphatic rings. The zero-order valence-corrected chi connectivity index (χ0v) is 19.0. The number of carbonyl (C=O) groups is 1. The normalized spacial score (nSPS) is 16.0. The third-order valence-corrected chi connectivity index (χ3v) is 7.56. The Bertz CT molecular complexity index is 1200. The number of hydrazone groups is 1. The van der Waals surface area contributed by atoms with Crippen LogP contribution in [0.4, 0.5) is 0 Å². The van der Waals surface area contributed by atoms with Crippen molar-refractivity contribution in [1.29, 1.82) is 0 Å². The molecular formula is C22H18N4O2S3. The molecule has 0 saturated heterocycles. The lowest BCUT2D eigenvalue weighted by Crippen LogP contribution is -2.28. The van der Waals surface area contributed by atoms with Crippen LogP contribution in [0.1, 0.15) is 27.8 Å². The Labute approximate surface area is 191 Å². The number of rotatable bonds is 6. The zero-order valence-electron chi connectivity index (χ0n) is 16.6. The van der Waals surface area contributed by atoms with Gasteiger partial charge in [-0.25, -0.2) is 5.01 Å². The summed E-state index contributed by atoms with van der Waals surface area (Å²) in [6.45, 7) is 2.03. The first-order valence-corrected chi connectivity index (χ1v) is 12.4. The van der Waals surface area contributed by atoms with Gasteiger partial charge in [-0.1, -0.05) is 41.6 Å². The van der Waals surface area contributed by atoms with Crippen molar-refractivity contribution in [1.82, 2.24) is 15.2 Å². The van der Waals surface area contributed by atoms with E-state index in [0.29, 0.717) is 11.1 Å². The molecule has 0 aliphatic carbocycles. The van der Waals surface area contributed by atoms with Crippen molar-refractivity contribution in [2.45, 2.75) is 24.6 Å². The van der Waals surface area contributed by atoms with Gasteiger partial charge in [-0.15, -0.1) is 32.9 Å². The van der Waals surface area contributed by atoms with E-state index in [1.165, 1.54) is 11.8 Å². The summed E-state index contributed by atoms with van der Waals surface area (Å²) in [6, 6.07) is 15.9. The molecule has 0 radical (unpaired) electrons. The van der Waals surface area contributed by atoms with Crippen LogP contribution in [0.5, 0.6) is 0 Å². The Morgan fingerprint density at radius 1 is 1.13 bits per heavy atom. The lowest BCUT2D eigenvalue weighted by molar-refractivity contribution is -0.130. The van der Waals surface area contributed by atoms with E-state index in [9.17, 15) is 4.79 Å². The molecule has 0 spiro atoms. The van der Waals surface area contributed by atoms with Crippen molar-refractivity contribution in [2.24, 2.45) is 5.10 Å². The van der Waals surface area contributed by atoms with Crippen molar-refractivity contribution in [3.63, 3.8) is 0 Å². The van der Waals surface area contributed by atoms with Crippen LogP contribution in [-0.2, 0) is 4.79 Å². The zero-order chi connectivity index (χ0) is 21.2. The number of thiophene rings is 2. The van der Waals surface area contributed by atoms with E-state index in [0.717, 1.165) is 33.0 Å². The van der Waals surface area contributed by atoms with Gasteiger partial charge in [-0.2, -0.15) is 5.10 Å². The molecule has 3 aromatic heterocycles. The van der Waals surface area contributed by atoms with Gasteiger partial charge in [0, 0.05) is 16.9 Å². The minimum atomic E-state index is -0.0787. The number of thioether (sulfide) groups is 1. The molecule has 1 atom stereocenters. The van der Waals surface area contributed by atoms with Crippen LogP contribution in [-0.4, -0.2) is 32.6 Å². The molecule has 156 valence electrons. The predicted molar refractivity (Wildman–Crippen MR) is 125 cm³/mol. The van der Waals surface area contributed by atoms with Crippen molar-refractivity contribution in [3.05, 3.63) is 74.6 Å². The Morgan fingerprint density at radius 2 is 1.94 bits per heavy atom. The summed E-state index contributed by atoms with van der Waals surface area (Å²) in [6.07, 6.45) is 0.718. The highest BCUT2D eigenvalue weighted by Crippen LogP contribution is 2.36. The fraction of sp³-hybridized carbons (Fsp3) is 0.182. The summed E-state index contributed by atoms with van der Waals surface area (Å²) < 4.78 is 5.74. The maximum absolute atomic E-state index is 13.1. The second-order valence-corrected chi connectivity index (χ2v) is 9.88. The molecule has 0 N–H and O–H groups in total. The number of aryl methyl sites for hydroxylation is 1. The van der Waals surface area contributed by atoms with Gasteiger partial charge in [0.05, 0.1) is 22.4 Å². The van der Waals surface area contributed by atoms with Gasteiger partial charge < -0.3 is 4.42 Å². The summed E-state index contributed by atoms with van der Waals surface area (Å²) in [5.41, 5.74) is 2.97. The molecule has 0 fully saturated rings. The molecule has 31 heavy (non-hydrogen) atoms. The van der Waals surface area contributed by atoms with Crippen molar-refractivity contribution < 1.29 is 9.21 Å². The highest BCUT2D eigenvalue weighted by atomic mass is 32.2. The molecule has 1 amide bonds. The Balaban J connectivity index is 1.30. The standard InChI is InChI=1S/C22H18N4O2S3/c1-14-6-8-15(9-7-14)21-23-24-22(28-21)31-13-20(27)26-17(19-5-3-11-30-19)12-16(25-26)18-4-2-10-29-18/h2-11,17H,12-13H2,1H3/t17-/m1/s1. The molecule has 1 aromatic carbocycles. The second kappa shape index (κ2) is 8.78. The molecular weight excluding hydrogens is 448 g/mol. The highest BCUT2D eigenvalue weighted by molar-refractivity contribution is 7.99. The van der Waals surface area contributed by atoms with Crippen molar-refractivity contribution >= 4 is 46.1 Å². The van der Waals surface area contributed by atoms with E-state index < -0.39 is 0 Å². The van der Waals surface area contributed by atoms with Crippen LogP contribution in [0.15, 0.2) is 74.0 Å². The number of aromatic nitrogens is 2. The third kappa shape index (κ3) is 4.34. The summed E-state index contributed by atoms with van der Waals surface area (Å²) in [4.78, 5) is 15.3. The van der Waals surface area contributed by atoms with Crippen LogP contribution in [0, 0.1) is 6.92 Å². The molecule has 1 aliphatic heterocycles. The van der Waals surface area contributed by atoms with Gasteiger partial charge in [0.1, 0.15) is 0 Å². The number of nitrogens with zero attached hydrogens (tertiary/aromatic N) is 4. The lowest BCUT2D eigenvalue weighted by Gasteiger charge is -2.20. The average molecular weight is 467 g/mol. The van der Waals surface area contributed by atoms with E-state index in [-0.39, 0.29) is 17.7 Å². The van der Waals surface area contributed by atoms with Gasteiger partial charge in [0.25, 0.3) is 11.1 Å². The Morgan fingerprint density at radius 3 is 2.68 bits per heavy atom. The maximum atomic E-state index is 13.1. The average Bonchev–Trinajstić information content (AvgIpc) is 3.58. The predicted octanol–water partition coefficient (Wildman–Crippen LogP) is 5.64. The maximum Gasteiger partial charge on any atom is 0.277 e. The quantitative estimate of drug-likeness (QED) is 0.344. The van der Waals surface area contributed by atoms with E-state index in [4.69, 9.17) is 4.42 Å². The number of carbonyl (C=O) groups excluding carboxylic acids is 1. The van der Waals surface area contributed by atoms with Gasteiger partial charge in [0.15, 0.2) is 0 Å². The number of amides is 1. The van der Waals surface area contributed by atoms with Crippen LogP contribution in [0.3, 0.4) is 0 Å².